The Morgan fingerprint density at radius 3 is 2.79 bits per heavy atom. The van der Waals surface area contributed by atoms with Gasteiger partial charge in [-0.3, -0.25) is 0 Å². The molecule has 14 heavy (non-hydrogen) atoms. The zero-order valence-corrected chi connectivity index (χ0v) is 7.92. The van der Waals surface area contributed by atoms with Crippen LogP contribution in [0, 0.1) is 0 Å². The van der Waals surface area contributed by atoms with Gasteiger partial charge in [-0.25, -0.2) is 0 Å². The third-order valence-electron chi connectivity index (χ3n) is 2.41. The summed E-state index contributed by atoms with van der Waals surface area (Å²) in [6.45, 7) is 5.52. The highest BCUT2D eigenvalue weighted by atomic mass is 16.8. The first kappa shape index (κ1) is 9.92. The second-order valence-electron chi connectivity index (χ2n) is 3.64. The van der Waals surface area contributed by atoms with Crippen LogP contribution in [-0.4, -0.2) is 47.5 Å². The van der Waals surface area contributed by atoms with Gasteiger partial charge >= 0.3 is 0 Å². The molecule has 0 aromatic heterocycles. The quantitative estimate of drug-likeness (QED) is 0.584. The van der Waals surface area contributed by atoms with E-state index < -0.39 is 30.7 Å². The maximum atomic E-state index is 9.69. The number of ether oxygens (including phenoxy) is 3. The lowest BCUT2D eigenvalue weighted by Crippen LogP contribution is -2.54. The molecule has 2 saturated heterocycles. The van der Waals surface area contributed by atoms with E-state index in [2.05, 4.69) is 6.58 Å². The van der Waals surface area contributed by atoms with Crippen molar-refractivity contribution in [2.75, 3.05) is 6.61 Å². The molecule has 0 aliphatic carbocycles. The van der Waals surface area contributed by atoms with Crippen molar-refractivity contribution in [1.82, 2.24) is 0 Å². The summed E-state index contributed by atoms with van der Waals surface area (Å²) in [6, 6.07) is 0. The highest BCUT2D eigenvalue weighted by Crippen LogP contribution is 2.30. The molecule has 2 aliphatic heterocycles. The summed E-state index contributed by atoms with van der Waals surface area (Å²) >= 11 is 0. The van der Waals surface area contributed by atoms with Crippen LogP contribution < -0.4 is 0 Å². The Bertz CT molecular complexity index is 241. The lowest BCUT2D eigenvalue weighted by molar-refractivity contribution is -0.233. The zero-order valence-electron chi connectivity index (χ0n) is 7.92. The van der Waals surface area contributed by atoms with E-state index in [4.69, 9.17) is 14.2 Å². The molecule has 0 radical (unpaired) electrons. The molecule has 0 aromatic carbocycles. The van der Waals surface area contributed by atoms with Crippen molar-refractivity contribution in [1.29, 1.82) is 0 Å². The zero-order chi connectivity index (χ0) is 10.3. The summed E-state index contributed by atoms with van der Waals surface area (Å²) in [7, 11) is 0. The van der Waals surface area contributed by atoms with Gasteiger partial charge in [0.2, 0.25) is 0 Å². The second-order valence-corrected chi connectivity index (χ2v) is 3.64. The first-order valence-electron chi connectivity index (χ1n) is 4.55. The lowest BCUT2D eigenvalue weighted by Gasteiger charge is -2.35. The molecule has 2 heterocycles. The van der Waals surface area contributed by atoms with Gasteiger partial charge in [0.15, 0.2) is 12.4 Å². The second kappa shape index (κ2) is 3.51. The van der Waals surface area contributed by atoms with Crippen LogP contribution in [0.25, 0.3) is 0 Å². The molecular formula is C9H14O5. The van der Waals surface area contributed by atoms with E-state index in [0.717, 1.165) is 0 Å². The van der Waals surface area contributed by atoms with Crippen molar-refractivity contribution in [2.24, 2.45) is 0 Å². The number of fused-ring (bicyclic) bond motifs is 2. The third kappa shape index (κ3) is 1.52. The molecule has 2 fully saturated rings. The predicted octanol–water partition coefficient (Wildman–Crippen LogP) is -0.618. The van der Waals surface area contributed by atoms with E-state index in [1.54, 1.807) is 6.92 Å². The molecule has 0 spiro atoms. The van der Waals surface area contributed by atoms with E-state index >= 15 is 0 Å². The van der Waals surface area contributed by atoms with Crippen LogP contribution in [0.4, 0.5) is 0 Å². The van der Waals surface area contributed by atoms with Crippen molar-refractivity contribution >= 4 is 0 Å². The topological polar surface area (TPSA) is 68.2 Å². The van der Waals surface area contributed by atoms with Gasteiger partial charge < -0.3 is 24.4 Å². The summed E-state index contributed by atoms with van der Waals surface area (Å²) in [5.74, 6) is 0.457. The first-order chi connectivity index (χ1) is 6.59. The van der Waals surface area contributed by atoms with Crippen molar-refractivity contribution in [3.05, 3.63) is 12.3 Å². The maximum absolute atomic E-state index is 9.69. The first-order valence-corrected chi connectivity index (χ1v) is 4.55. The fourth-order valence-corrected chi connectivity index (χ4v) is 1.72. The molecule has 80 valence electrons. The average molecular weight is 202 g/mol. The van der Waals surface area contributed by atoms with Gasteiger partial charge in [0.25, 0.3) is 0 Å². The van der Waals surface area contributed by atoms with Crippen molar-refractivity contribution in [3.63, 3.8) is 0 Å². The minimum absolute atomic E-state index is 0.291. The van der Waals surface area contributed by atoms with Crippen LogP contribution in [0.3, 0.4) is 0 Å². The normalized spacial score (nSPS) is 46.4. The average Bonchev–Trinajstić information content (AvgIpc) is 2.55. The molecule has 2 rings (SSSR count). The van der Waals surface area contributed by atoms with E-state index in [1.165, 1.54) is 0 Å². The van der Waals surface area contributed by atoms with Gasteiger partial charge in [0, 0.05) is 0 Å². The van der Waals surface area contributed by atoms with Crippen LogP contribution >= 0.6 is 0 Å². The van der Waals surface area contributed by atoms with Gasteiger partial charge in [-0.15, -0.1) is 0 Å². The molecular weight excluding hydrogens is 188 g/mol. The van der Waals surface area contributed by atoms with Crippen LogP contribution in [-0.2, 0) is 14.2 Å². The Kier molecular flexibility index (Phi) is 2.48. The number of hydrogen-bond donors (Lipinski definition) is 2. The number of aliphatic hydroxyl groups excluding tert-OH is 2. The minimum atomic E-state index is -0.988. The highest BCUT2D eigenvalue weighted by molar-refractivity contribution is 4.95. The number of allylic oxidation sites excluding steroid dienone is 1. The summed E-state index contributed by atoms with van der Waals surface area (Å²) in [4.78, 5) is 0. The maximum Gasteiger partial charge on any atom is 0.197 e. The van der Waals surface area contributed by atoms with Gasteiger partial charge in [0.1, 0.15) is 18.3 Å². The molecule has 2 N–H and O–H groups in total. The SMILES string of the molecule is C=C(C)OC1C2OCC(O2)C(O)C1O. The van der Waals surface area contributed by atoms with Crippen LogP contribution in [0.5, 0.6) is 0 Å². The Morgan fingerprint density at radius 1 is 1.43 bits per heavy atom. The monoisotopic (exact) mass is 202 g/mol. The lowest BCUT2D eigenvalue weighted by atomic mass is 10.0. The molecule has 5 heteroatoms. The predicted molar refractivity (Wildman–Crippen MR) is 46.3 cm³/mol. The molecule has 5 nitrogen and oxygen atoms in total. The summed E-state index contributed by atoms with van der Waals surface area (Å²) in [6.07, 6.45) is -3.69. The summed E-state index contributed by atoms with van der Waals surface area (Å²) < 4.78 is 15.8. The van der Waals surface area contributed by atoms with Gasteiger partial charge in [-0.05, 0) is 6.92 Å². The van der Waals surface area contributed by atoms with E-state index in [0.29, 0.717) is 12.4 Å². The van der Waals surface area contributed by atoms with Gasteiger partial charge in [-0.1, -0.05) is 6.58 Å². The van der Waals surface area contributed by atoms with Crippen molar-refractivity contribution in [3.8, 4) is 0 Å². The third-order valence-corrected chi connectivity index (χ3v) is 2.41. The smallest absolute Gasteiger partial charge is 0.197 e. The molecule has 5 atom stereocenters. The van der Waals surface area contributed by atoms with Gasteiger partial charge in [-0.2, -0.15) is 0 Å². The largest absolute Gasteiger partial charge is 0.488 e. The standard InChI is InChI=1S/C9H14O5/c1-4(2)13-8-7(11)6(10)5-3-12-9(8)14-5/h5-11H,1,3H2,2H3. The Hall–Kier alpha value is -0.620. The molecule has 5 unspecified atom stereocenters. The van der Waals surface area contributed by atoms with Crippen LogP contribution in [0.15, 0.2) is 12.3 Å². The molecule has 0 amide bonds. The van der Waals surface area contributed by atoms with Crippen LogP contribution in [0.1, 0.15) is 6.92 Å². The van der Waals surface area contributed by atoms with E-state index in [1.807, 2.05) is 0 Å². The van der Waals surface area contributed by atoms with Gasteiger partial charge in [0.05, 0.1) is 12.4 Å². The number of hydrogen-bond acceptors (Lipinski definition) is 5. The fourth-order valence-electron chi connectivity index (χ4n) is 1.72. The molecule has 0 saturated carbocycles. The summed E-state index contributed by atoms with van der Waals surface area (Å²) in [5, 5.41) is 19.3. The number of rotatable bonds is 2. The van der Waals surface area contributed by atoms with E-state index in [9.17, 15) is 10.2 Å². The van der Waals surface area contributed by atoms with Crippen molar-refractivity contribution in [2.45, 2.75) is 37.6 Å². The Balaban J connectivity index is 2.10. The summed E-state index contributed by atoms with van der Waals surface area (Å²) in [5.41, 5.74) is 0. The van der Waals surface area contributed by atoms with E-state index in [-0.39, 0.29) is 0 Å². The molecule has 0 aromatic rings. The molecule has 2 bridgehead atoms. The Morgan fingerprint density at radius 2 is 2.14 bits per heavy atom. The Labute approximate surface area is 81.9 Å². The highest BCUT2D eigenvalue weighted by Gasteiger charge is 2.50. The van der Waals surface area contributed by atoms with Crippen LogP contribution in [0.2, 0.25) is 0 Å². The fraction of sp³-hybridized carbons (Fsp3) is 0.778. The molecule has 2 aliphatic rings. The minimum Gasteiger partial charge on any atom is -0.488 e. The number of aliphatic hydroxyl groups is 2. The van der Waals surface area contributed by atoms with Crippen molar-refractivity contribution < 1.29 is 24.4 Å².